The first-order chi connectivity index (χ1) is 24.3. The van der Waals surface area contributed by atoms with E-state index in [-0.39, 0.29) is 35.0 Å². The van der Waals surface area contributed by atoms with Crippen molar-refractivity contribution in [3.63, 3.8) is 0 Å². The molecule has 11 nitrogen and oxygen atoms in total. The first-order valence-electron chi connectivity index (χ1n) is 16.9. The maximum Gasteiger partial charge on any atom is 0.354 e. The van der Waals surface area contributed by atoms with Crippen LogP contribution >= 0.6 is 11.6 Å². The number of imidazole rings is 1. The molecule has 1 aliphatic carbocycles. The van der Waals surface area contributed by atoms with Crippen molar-refractivity contribution in [3.05, 3.63) is 87.3 Å². The Morgan fingerprint density at radius 3 is 2.43 bits per heavy atom. The topological polar surface area (TPSA) is 122 Å². The molecule has 0 aliphatic heterocycles. The molecule has 0 unspecified atom stereocenters. The number of nitrogens with zero attached hydrogens (tertiary/aromatic N) is 5. The molecule has 4 heterocycles. The lowest BCUT2D eigenvalue weighted by Crippen LogP contribution is -2.39. The van der Waals surface area contributed by atoms with Gasteiger partial charge in [-0.3, -0.25) is 23.5 Å². The maximum absolute atomic E-state index is 14.1. The molecule has 1 N–H and O–H groups in total. The summed E-state index contributed by atoms with van der Waals surface area (Å²) in [5, 5.41) is 3.65. The van der Waals surface area contributed by atoms with Gasteiger partial charge in [-0.2, -0.15) is 0 Å². The van der Waals surface area contributed by atoms with E-state index in [1.165, 1.54) is 13.2 Å². The van der Waals surface area contributed by atoms with Gasteiger partial charge in [0.2, 0.25) is 0 Å². The highest BCUT2D eigenvalue weighted by atomic mass is 35.5. The number of nitrogens with one attached hydrogen (secondary N) is 1. The van der Waals surface area contributed by atoms with Gasteiger partial charge in [0, 0.05) is 38.9 Å². The number of esters is 1. The number of hydrogen-bond acceptors (Lipinski definition) is 7. The Labute approximate surface area is 299 Å². The number of amides is 1. The third-order valence-corrected chi connectivity index (χ3v) is 11.3. The number of carbonyl (C=O) groups excluding carboxylic acids is 2. The van der Waals surface area contributed by atoms with E-state index in [9.17, 15) is 23.2 Å². The zero-order chi connectivity index (χ0) is 36.4. The number of carbonyl (C=O) groups is 2. The molecular weight excluding hydrogens is 698 g/mol. The van der Waals surface area contributed by atoms with Crippen molar-refractivity contribution < 1.29 is 27.8 Å². The van der Waals surface area contributed by atoms with Crippen LogP contribution in [0.2, 0.25) is 30.7 Å². The fourth-order valence-corrected chi connectivity index (χ4v) is 7.56. The molecule has 1 fully saturated rings. The Morgan fingerprint density at radius 2 is 1.75 bits per heavy atom. The van der Waals surface area contributed by atoms with Crippen molar-refractivity contribution >= 4 is 53.6 Å². The molecule has 1 amide bonds. The SMILES string of the molecule is COC(=O)c1cc2cc(-n3c(=O)n(CC4CCC(NC(=O)c5cc(Cl)cnc5C(F)F)CC4)c4ccccc43)cnc2n1COCC[Si](C)(C)C. The largest absolute Gasteiger partial charge is 0.464 e. The van der Waals surface area contributed by atoms with Crippen LogP contribution in [0.3, 0.4) is 0 Å². The summed E-state index contributed by atoms with van der Waals surface area (Å²) in [6.07, 6.45) is 2.53. The summed E-state index contributed by atoms with van der Waals surface area (Å²) in [6, 6.07) is 13.1. The molecule has 0 bridgehead atoms. The molecular formula is C36H41ClF2N6O5Si. The summed E-state index contributed by atoms with van der Waals surface area (Å²) in [5.74, 6) is -0.985. The Balaban J connectivity index is 1.21. The zero-order valence-corrected chi connectivity index (χ0v) is 30.8. The smallest absolute Gasteiger partial charge is 0.354 e. The lowest BCUT2D eigenvalue weighted by molar-refractivity contribution is 0.0545. The second-order valence-corrected chi connectivity index (χ2v) is 20.3. The number of fused-ring (bicyclic) bond motifs is 2. The van der Waals surface area contributed by atoms with Crippen molar-refractivity contribution in [2.24, 2.45) is 5.92 Å². The van der Waals surface area contributed by atoms with Gasteiger partial charge >= 0.3 is 11.7 Å². The second kappa shape index (κ2) is 15.1. The highest BCUT2D eigenvalue weighted by Crippen LogP contribution is 2.30. The second-order valence-electron chi connectivity index (χ2n) is 14.2. The average molecular weight is 739 g/mol. The summed E-state index contributed by atoms with van der Waals surface area (Å²) in [4.78, 5) is 48.1. The number of methoxy groups -OCH3 is 1. The molecule has 0 saturated heterocycles. The van der Waals surface area contributed by atoms with Gasteiger partial charge in [0.1, 0.15) is 23.8 Å². The molecule has 51 heavy (non-hydrogen) atoms. The number of alkyl halides is 2. The third-order valence-electron chi connectivity index (χ3n) is 9.38. The number of rotatable bonds is 12. The molecule has 270 valence electrons. The number of pyridine rings is 2. The summed E-state index contributed by atoms with van der Waals surface area (Å²) in [6.45, 7) is 8.00. The van der Waals surface area contributed by atoms with Crippen molar-refractivity contribution in [1.29, 1.82) is 0 Å². The van der Waals surface area contributed by atoms with E-state index >= 15 is 0 Å². The van der Waals surface area contributed by atoms with Crippen LogP contribution in [0.15, 0.2) is 59.7 Å². The maximum atomic E-state index is 14.1. The van der Waals surface area contributed by atoms with Gasteiger partial charge in [0.05, 0.1) is 40.6 Å². The van der Waals surface area contributed by atoms with Gasteiger partial charge < -0.3 is 14.8 Å². The van der Waals surface area contributed by atoms with E-state index in [2.05, 4.69) is 29.9 Å². The van der Waals surface area contributed by atoms with Gasteiger partial charge in [-0.1, -0.05) is 43.4 Å². The summed E-state index contributed by atoms with van der Waals surface area (Å²) < 4.78 is 43.1. The molecule has 6 rings (SSSR count). The lowest BCUT2D eigenvalue weighted by atomic mass is 9.85. The number of benzene rings is 1. The summed E-state index contributed by atoms with van der Waals surface area (Å²) in [7, 11) is 0.0240. The molecule has 0 spiro atoms. The normalized spacial score (nSPS) is 16.6. The van der Waals surface area contributed by atoms with E-state index in [1.54, 1.807) is 26.0 Å². The number of hydrogen-bond donors (Lipinski definition) is 1. The van der Waals surface area contributed by atoms with E-state index in [1.807, 2.05) is 30.3 Å². The van der Waals surface area contributed by atoms with Crippen molar-refractivity contribution in [3.8, 4) is 5.69 Å². The van der Waals surface area contributed by atoms with Gasteiger partial charge in [0.15, 0.2) is 0 Å². The Hall–Kier alpha value is -4.40. The minimum Gasteiger partial charge on any atom is -0.464 e. The Morgan fingerprint density at radius 1 is 1.02 bits per heavy atom. The molecule has 4 aromatic heterocycles. The van der Waals surface area contributed by atoms with Gasteiger partial charge in [-0.15, -0.1) is 0 Å². The molecule has 0 atom stereocenters. The quantitative estimate of drug-likeness (QED) is 0.0815. The third kappa shape index (κ3) is 7.92. The first-order valence-corrected chi connectivity index (χ1v) is 21.0. The molecule has 5 aromatic rings. The Bertz CT molecular complexity index is 2130. The van der Waals surface area contributed by atoms with Crippen LogP contribution in [0.1, 0.15) is 58.6 Å². The average Bonchev–Trinajstić information content (AvgIpc) is 3.60. The van der Waals surface area contributed by atoms with Crippen LogP contribution in [0.25, 0.3) is 27.8 Å². The number of ether oxygens (including phenoxy) is 2. The van der Waals surface area contributed by atoms with Gasteiger partial charge in [-0.05, 0) is 68.0 Å². The predicted octanol–water partition coefficient (Wildman–Crippen LogP) is 7.22. The monoisotopic (exact) mass is 738 g/mol. The fraction of sp³-hybridized carbons (Fsp3) is 0.417. The molecule has 1 aromatic carbocycles. The summed E-state index contributed by atoms with van der Waals surface area (Å²) >= 11 is 5.94. The van der Waals surface area contributed by atoms with Crippen LogP contribution in [-0.4, -0.2) is 63.4 Å². The highest BCUT2D eigenvalue weighted by molar-refractivity contribution is 6.76. The van der Waals surface area contributed by atoms with E-state index in [0.717, 1.165) is 36.1 Å². The first kappa shape index (κ1) is 36.4. The van der Waals surface area contributed by atoms with E-state index in [4.69, 9.17) is 26.1 Å². The molecule has 0 radical (unpaired) electrons. The summed E-state index contributed by atoms with van der Waals surface area (Å²) in [5.41, 5.74) is 1.86. The Kier molecular flexibility index (Phi) is 10.7. The van der Waals surface area contributed by atoms with Crippen molar-refractivity contribution in [1.82, 2.24) is 29.0 Å². The minimum absolute atomic E-state index is 0.107. The van der Waals surface area contributed by atoms with Crippen molar-refractivity contribution in [2.45, 2.75) is 77.1 Å². The van der Waals surface area contributed by atoms with Gasteiger partial charge in [-0.25, -0.2) is 23.4 Å². The molecule has 15 heteroatoms. The van der Waals surface area contributed by atoms with Crippen LogP contribution in [0.4, 0.5) is 8.78 Å². The molecule has 1 saturated carbocycles. The van der Waals surface area contributed by atoms with Crippen molar-refractivity contribution in [2.75, 3.05) is 13.7 Å². The van der Waals surface area contributed by atoms with E-state index < -0.39 is 32.1 Å². The van der Waals surface area contributed by atoms with Crippen LogP contribution < -0.4 is 11.0 Å². The predicted molar refractivity (Wildman–Crippen MR) is 194 cm³/mol. The standard InChI is InChI=1S/C36H41ClF2N6O5Si/c1-49-35(47)30-16-23-15-26(19-41-33(23)44(30)21-50-13-14-51(2,3)4)45-29-8-6-5-7-28(29)43(36(45)48)20-22-9-11-25(12-10-22)42-34(46)27-17-24(37)18-40-31(27)32(38)39/h5-8,15-19,22,25,32H,9-14,20-21H2,1-4H3,(H,42,46). The molecule has 1 aliphatic rings. The zero-order valence-electron chi connectivity index (χ0n) is 29.0. The lowest BCUT2D eigenvalue weighted by Gasteiger charge is -2.29. The number of para-hydroxylation sites is 2. The van der Waals surface area contributed by atoms with Gasteiger partial charge in [0.25, 0.3) is 12.3 Å². The van der Waals surface area contributed by atoms with Crippen LogP contribution in [0.5, 0.6) is 0 Å². The minimum atomic E-state index is -2.90. The number of aromatic nitrogens is 5. The van der Waals surface area contributed by atoms with Crippen LogP contribution in [0, 0.1) is 5.92 Å². The van der Waals surface area contributed by atoms with Crippen LogP contribution in [-0.2, 0) is 22.7 Å². The fourth-order valence-electron chi connectivity index (χ4n) is 6.65. The number of halogens is 3. The van der Waals surface area contributed by atoms with E-state index in [0.29, 0.717) is 48.4 Å². The highest BCUT2D eigenvalue weighted by Gasteiger charge is 2.28.